The molecular formula is C20H36N2O6. The molecule has 162 valence electrons. The Morgan fingerprint density at radius 1 is 1.11 bits per heavy atom. The van der Waals surface area contributed by atoms with E-state index < -0.39 is 35.5 Å². The lowest BCUT2D eigenvalue weighted by atomic mass is 9.92. The minimum atomic E-state index is -0.807. The van der Waals surface area contributed by atoms with Crippen LogP contribution in [0.1, 0.15) is 60.8 Å². The number of likely N-dealkylation sites (tertiary alicyclic amines) is 1. The fraction of sp³-hybridized carbons (Fsp3) is 0.800. The number of amides is 2. The van der Waals surface area contributed by atoms with Gasteiger partial charge in [-0.05, 0) is 60.8 Å². The normalized spacial score (nSPS) is 23.6. The van der Waals surface area contributed by atoms with Gasteiger partial charge in [-0.3, -0.25) is 0 Å². The standard InChI is InChI=1S/C20H36N2O6/c1-19(2,3)27-17(25)21-15-13-22(18(26)28-20(4,5)6)14(12-16(15)24)10-8-7-9-11-23/h7,9,14-16,23-24H,8,10-13H2,1-6H3,(H,21,25)/b9-7+/t14-,15+,16-/m1/s1. The van der Waals surface area contributed by atoms with Gasteiger partial charge in [0, 0.05) is 12.6 Å². The van der Waals surface area contributed by atoms with Gasteiger partial charge >= 0.3 is 12.2 Å². The molecule has 2 amide bonds. The van der Waals surface area contributed by atoms with Crippen molar-refractivity contribution in [3.8, 4) is 0 Å². The smallest absolute Gasteiger partial charge is 0.410 e. The number of hydrogen-bond acceptors (Lipinski definition) is 6. The van der Waals surface area contributed by atoms with Crippen LogP contribution in [0.2, 0.25) is 0 Å². The first-order valence-corrected chi connectivity index (χ1v) is 9.75. The highest BCUT2D eigenvalue weighted by atomic mass is 16.6. The lowest BCUT2D eigenvalue weighted by Crippen LogP contribution is -2.60. The molecule has 0 aromatic heterocycles. The molecule has 8 heteroatoms. The Labute approximate surface area is 167 Å². The van der Waals surface area contributed by atoms with E-state index in [-0.39, 0.29) is 19.2 Å². The second kappa shape index (κ2) is 10.1. The predicted molar refractivity (Wildman–Crippen MR) is 106 cm³/mol. The van der Waals surface area contributed by atoms with Crippen LogP contribution in [0.5, 0.6) is 0 Å². The molecule has 28 heavy (non-hydrogen) atoms. The number of aliphatic hydroxyl groups excluding tert-OH is 2. The molecule has 0 aromatic carbocycles. The molecule has 8 nitrogen and oxygen atoms in total. The van der Waals surface area contributed by atoms with Crippen LogP contribution in [0.3, 0.4) is 0 Å². The van der Waals surface area contributed by atoms with Crippen molar-refractivity contribution >= 4 is 12.2 Å². The monoisotopic (exact) mass is 400 g/mol. The topological polar surface area (TPSA) is 108 Å². The molecule has 3 atom stereocenters. The summed E-state index contributed by atoms with van der Waals surface area (Å²) in [6.07, 6.45) is 3.14. The molecular weight excluding hydrogens is 364 g/mol. The van der Waals surface area contributed by atoms with Crippen LogP contribution in [-0.4, -0.2) is 69.8 Å². The fourth-order valence-corrected chi connectivity index (χ4v) is 2.95. The predicted octanol–water partition coefficient (Wildman–Crippen LogP) is 2.58. The highest BCUT2D eigenvalue weighted by Gasteiger charge is 2.39. The molecule has 0 spiro atoms. The first-order valence-electron chi connectivity index (χ1n) is 9.75. The van der Waals surface area contributed by atoms with E-state index in [1.807, 2.05) is 6.08 Å². The Morgan fingerprint density at radius 2 is 1.71 bits per heavy atom. The summed E-state index contributed by atoms with van der Waals surface area (Å²) in [7, 11) is 0. The minimum Gasteiger partial charge on any atom is -0.444 e. The van der Waals surface area contributed by atoms with Gasteiger partial charge in [-0.25, -0.2) is 9.59 Å². The summed E-state index contributed by atoms with van der Waals surface area (Å²) < 4.78 is 10.8. The SMILES string of the molecule is CC(C)(C)OC(=O)N[C@H]1CN(C(=O)OC(C)(C)C)[C@H](CC/C=C/CO)C[C@H]1O. The first-order chi connectivity index (χ1) is 12.8. The number of carbonyl (C=O) groups is 2. The van der Waals surface area contributed by atoms with Gasteiger partial charge in [0.15, 0.2) is 0 Å². The first kappa shape index (κ1) is 24.2. The quantitative estimate of drug-likeness (QED) is 0.612. The number of allylic oxidation sites excluding steroid dienone is 1. The van der Waals surface area contributed by atoms with Crippen LogP contribution in [0.25, 0.3) is 0 Å². The molecule has 0 bridgehead atoms. The van der Waals surface area contributed by atoms with Gasteiger partial charge < -0.3 is 29.9 Å². The molecule has 1 aliphatic heterocycles. The summed E-state index contributed by atoms with van der Waals surface area (Å²) in [5.41, 5.74) is -1.31. The van der Waals surface area contributed by atoms with Crippen LogP contribution < -0.4 is 5.32 Å². The van der Waals surface area contributed by atoms with Crippen molar-refractivity contribution in [2.24, 2.45) is 0 Å². The van der Waals surface area contributed by atoms with Gasteiger partial charge in [0.05, 0.1) is 18.8 Å². The number of nitrogens with one attached hydrogen (secondary N) is 1. The van der Waals surface area contributed by atoms with Gasteiger partial charge in [0.25, 0.3) is 0 Å². The summed E-state index contributed by atoms with van der Waals surface area (Å²) in [4.78, 5) is 26.4. The highest BCUT2D eigenvalue weighted by Crippen LogP contribution is 2.25. The maximum Gasteiger partial charge on any atom is 0.410 e. The molecule has 1 saturated heterocycles. The van der Waals surface area contributed by atoms with Crippen LogP contribution >= 0.6 is 0 Å². The summed E-state index contributed by atoms with van der Waals surface area (Å²) >= 11 is 0. The molecule has 1 fully saturated rings. The van der Waals surface area contributed by atoms with E-state index in [1.54, 1.807) is 52.5 Å². The zero-order valence-electron chi connectivity index (χ0n) is 17.9. The number of piperidine rings is 1. The number of carbonyl (C=O) groups excluding carboxylic acids is 2. The van der Waals surface area contributed by atoms with E-state index in [0.29, 0.717) is 19.3 Å². The lowest BCUT2D eigenvalue weighted by Gasteiger charge is -2.42. The van der Waals surface area contributed by atoms with Crippen molar-refractivity contribution in [3.05, 3.63) is 12.2 Å². The van der Waals surface area contributed by atoms with Crippen LogP contribution in [-0.2, 0) is 9.47 Å². The molecule has 1 aliphatic rings. The van der Waals surface area contributed by atoms with E-state index in [0.717, 1.165) is 0 Å². The van der Waals surface area contributed by atoms with Gasteiger partial charge in [0.2, 0.25) is 0 Å². The highest BCUT2D eigenvalue weighted by molar-refractivity contribution is 5.70. The second-order valence-corrected chi connectivity index (χ2v) is 9.07. The molecule has 1 heterocycles. The molecule has 0 aliphatic carbocycles. The number of nitrogens with zero attached hydrogens (tertiary/aromatic N) is 1. The van der Waals surface area contributed by atoms with E-state index >= 15 is 0 Å². The van der Waals surface area contributed by atoms with E-state index in [9.17, 15) is 14.7 Å². The summed E-state index contributed by atoms with van der Waals surface area (Å²) in [6.45, 7) is 10.7. The number of alkyl carbamates (subject to hydrolysis) is 1. The van der Waals surface area contributed by atoms with Crippen molar-refractivity contribution in [3.63, 3.8) is 0 Å². The number of hydrogen-bond donors (Lipinski definition) is 3. The van der Waals surface area contributed by atoms with Crippen LogP contribution in [0.4, 0.5) is 9.59 Å². The number of aliphatic hydroxyl groups is 2. The minimum absolute atomic E-state index is 0.0368. The Balaban J connectivity index is 2.86. The lowest BCUT2D eigenvalue weighted by molar-refractivity contribution is -0.0241. The summed E-state index contributed by atoms with van der Waals surface area (Å²) in [5.74, 6) is 0. The zero-order valence-corrected chi connectivity index (χ0v) is 17.9. The van der Waals surface area contributed by atoms with E-state index in [4.69, 9.17) is 14.6 Å². The Bertz CT molecular complexity index is 550. The van der Waals surface area contributed by atoms with E-state index in [2.05, 4.69) is 5.32 Å². The average molecular weight is 401 g/mol. The molecule has 0 unspecified atom stereocenters. The average Bonchev–Trinajstić information content (AvgIpc) is 2.50. The Morgan fingerprint density at radius 3 is 2.25 bits per heavy atom. The Hall–Kier alpha value is -1.80. The number of ether oxygens (including phenoxy) is 2. The van der Waals surface area contributed by atoms with Crippen molar-refractivity contribution in [2.45, 2.75) is 90.2 Å². The molecule has 0 saturated carbocycles. The van der Waals surface area contributed by atoms with Gasteiger partial charge in [-0.2, -0.15) is 0 Å². The Kier molecular flexibility index (Phi) is 8.75. The zero-order chi connectivity index (χ0) is 21.5. The molecule has 0 radical (unpaired) electrons. The van der Waals surface area contributed by atoms with Crippen molar-refractivity contribution < 1.29 is 29.3 Å². The van der Waals surface area contributed by atoms with Crippen molar-refractivity contribution in [2.75, 3.05) is 13.2 Å². The summed E-state index contributed by atoms with van der Waals surface area (Å²) in [5, 5.41) is 22.0. The van der Waals surface area contributed by atoms with Crippen molar-refractivity contribution in [1.82, 2.24) is 10.2 Å². The third kappa shape index (κ3) is 8.93. The maximum absolute atomic E-state index is 12.7. The summed E-state index contributed by atoms with van der Waals surface area (Å²) in [6, 6.07) is -0.878. The van der Waals surface area contributed by atoms with E-state index in [1.165, 1.54) is 0 Å². The van der Waals surface area contributed by atoms with Gasteiger partial charge in [0.1, 0.15) is 11.2 Å². The number of rotatable bonds is 5. The van der Waals surface area contributed by atoms with Gasteiger partial charge in [-0.1, -0.05) is 12.2 Å². The maximum atomic E-state index is 12.7. The molecule has 1 rings (SSSR count). The molecule has 3 N–H and O–H groups in total. The molecule has 0 aromatic rings. The van der Waals surface area contributed by atoms with Crippen molar-refractivity contribution in [1.29, 1.82) is 0 Å². The third-order valence-corrected chi connectivity index (χ3v) is 4.08. The fourth-order valence-electron chi connectivity index (χ4n) is 2.95. The second-order valence-electron chi connectivity index (χ2n) is 9.07. The van der Waals surface area contributed by atoms with Gasteiger partial charge in [-0.15, -0.1) is 0 Å². The van der Waals surface area contributed by atoms with Crippen LogP contribution in [0.15, 0.2) is 12.2 Å². The third-order valence-electron chi connectivity index (χ3n) is 4.08. The largest absolute Gasteiger partial charge is 0.444 e. The van der Waals surface area contributed by atoms with Crippen LogP contribution in [0, 0.1) is 0 Å².